The number of para-hydroxylation sites is 1. The normalized spacial score (nSPS) is 11.9. The lowest BCUT2D eigenvalue weighted by atomic mass is 10.2. The van der Waals surface area contributed by atoms with Crippen molar-refractivity contribution in [3.8, 4) is 5.75 Å². The summed E-state index contributed by atoms with van der Waals surface area (Å²) >= 11 is 5.94. The average Bonchev–Trinajstić information content (AvgIpc) is 2.71. The predicted octanol–water partition coefficient (Wildman–Crippen LogP) is 2.46. The largest absolute Gasteiger partial charge is 0.434 e. The number of rotatable bonds is 6. The number of alkyl halides is 2. The second kappa shape index (κ2) is 6.81. The molecular formula is C13H14ClF2N3O3S. The Balaban J connectivity index is 2.24. The van der Waals surface area contributed by atoms with Crippen LogP contribution in [0.15, 0.2) is 29.2 Å². The molecule has 2 rings (SSSR count). The van der Waals surface area contributed by atoms with Gasteiger partial charge in [0.2, 0.25) is 10.0 Å². The molecule has 0 spiro atoms. The third-order valence-electron chi connectivity index (χ3n) is 3.01. The van der Waals surface area contributed by atoms with Gasteiger partial charge < -0.3 is 4.74 Å². The second-order valence-electron chi connectivity index (χ2n) is 4.64. The highest BCUT2D eigenvalue weighted by molar-refractivity contribution is 7.89. The number of hydrogen-bond acceptors (Lipinski definition) is 4. The summed E-state index contributed by atoms with van der Waals surface area (Å²) in [5.74, 6) is -0.0980. The molecule has 0 unspecified atom stereocenters. The number of aryl methyl sites for hydroxylation is 2. The highest BCUT2D eigenvalue weighted by atomic mass is 35.5. The average molecular weight is 366 g/mol. The van der Waals surface area contributed by atoms with Crippen LogP contribution < -0.4 is 9.46 Å². The SMILES string of the molecule is Cc1nn(C)c(Cl)c1S(=O)(=O)NCc1ccccc1OC(F)F. The quantitative estimate of drug-likeness (QED) is 0.853. The fourth-order valence-corrected chi connectivity index (χ4v) is 3.77. The maximum Gasteiger partial charge on any atom is 0.387 e. The lowest BCUT2D eigenvalue weighted by molar-refractivity contribution is -0.0504. The molecule has 0 aliphatic heterocycles. The molecular weight excluding hydrogens is 352 g/mol. The van der Waals surface area contributed by atoms with E-state index in [2.05, 4.69) is 14.6 Å². The summed E-state index contributed by atoms with van der Waals surface area (Å²) in [5, 5.41) is 3.90. The van der Waals surface area contributed by atoms with Crippen molar-refractivity contribution in [2.45, 2.75) is 25.0 Å². The molecule has 0 fully saturated rings. The number of benzene rings is 1. The molecule has 126 valence electrons. The second-order valence-corrected chi connectivity index (χ2v) is 6.70. The number of nitrogens with one attached hydrogen (secondary N) is 1. The molecule has 23 heavy (non-hydrogen) atoms. The Morgan fingerprint density at radius 1 is 1.39 bits per heavy atom. The zero-order valence-electron chi connectivity index (χ0n) is 12.3. The predicted molar refractivity (Wildman–Crippen MR) is 80.1 cm³/mol. The van der Waals surface area contributed by atoms with E-state index < -0.39 is 16.6 Å². The van der Waals surface area contributed by atoms with Gasteiger partial charge in [0, 0.05) is 19.2 Å². The number of ether oxygens (including phenoxy) is 1. The molecule has 6 nitrogen and oxygen atoms in total. The van der Waals surface area contributed by atoms with Gasteiger partial charge in [-0.3, -0.25) is 4.68 Å². The molecule has 0 saturated heterocycles. The highest BCUT2D eigenvalue weighted by Crippen LogP contribution is 2.25. The summed E-state index contributed by atoms with van der Waals surface area (Å²) in [4.78, 5) is -0.145. The molecule has 1 aromatic heterocycles. The van der Waals surface area contributed by atoms with E-state index in [4.69, 9.17) is 11.6 Å². The van der Waals surface area contributed by atoms with Crippen molar-refractivity contribution in [3.05, 3.63) is 40.7 Å². The van der Waals surface area contributed by atoms with E-state index in [1.165, 1.54) is 36.9 Å². The van der Waals surface area contributed by atoms with Crippen molar-refractivity contribution < 1.29 is 21.9 Å². The fraction of sp³-hybridized carbons (Fsp3) is 0.308. The van der Waals surface area contributed by atoms with Crippen LogP contribution in [-0.4, -0.2) is 24.8 Å². The van der Waals surface area contributed by atoms with E-state index in [1.54, 1.807) is 6.07 Å². The van der Waals surface area contributed by atoms with Crippen molar-refractivity contribution in [3.63, 3.8) is 0 Å². The molecule has 0 saturated carbocycles. The summed E-state index contributed by atoms with van der Waals surface area (Å²) in [6, 6.07) is 5.91. The summed E-state index contributed by atoms with van der Waals surface area (Å²) in [6.45, 7) is -1.72. The molecule has 0 radical (unpaired) electrons. The summed E-state index contributed by atoms with van der Waals surface area (Å²) in [6.07, 6.45) is 0. The summed E-state index contributed by atoms with van der Waals surface area (Å²) in [7, 11) is -2.44. The molecule has 1 heterocycles. The van der Waals surface area contributed by atoms with Gasteiger partial charge in [-0.1, -0.05) is 29.8 Å². The van der Waals surface area contributed by atoms with Gasteiger partial charge in [-0.15, -0.1) is 0 Å². The summed E-state index contributed by atoms with van der Waals surface area (Å²) in [5.41, 5.74) is 0.510. The third-order valence-corrected chi connectivity index (χ3v) is 5.11. The van der Waals surface area contributed by atoms with Crippen LogP contribution in [0.1, 0.15) is 11.3 Å². The standard InChI is InChI=1S/C13H14ClF2N3O3S/c1-8-11(12(14)19(2)18-8)23(20,21)17-7-9-5-3-4-6-10(9)22-13(15)16/h3-6,13,17H,7H2,1-2H3. The fourth-order valence-electron chi connectivity index (χ4n) is 2.02. The van der Waals surface area contributed by atoms with Gasteiger partial charge >= 0.3 is 6.61 Å². The van der Waals surface area contributed by atoms with Gasteiger partial charge in [0.1, 0.15) is 15.8 Å². The molecule has 0 atom stereocenters. The Bertz CT molecular complexity index is 809. The molecule has 0 bridgehead atoms. The van der Waals surface area contributed by atoms with Crippen LogP contribution in [0, 0.1) is 6.92 Å². The summed E-state index contributed by atoms with van der Waals surface area (Å²) < 4.78 is 57.3. The molecule has 1 aromatic carbocycles. The Labute approximate surface area is 137 Å². The minimum Gasteiger partial charge on any atom is -0.434 e. The Morgan fingerprint density at radius 2 is 2.04 bits per heavy atom. The maximum absolute atomic E-state index is 12.4. The van der Waals surface area contributed by atoms with Crippen LogP contribution in [0.25, 0.3) is 0 Å². The van der Waals surface area contributed by atoms with Crippen molar-refractivity contribution in [2.24, 2.45) is 7.05 Å². The molecule has 0 aliphatic rings. The van der Waals surface area contributed by atoms with Gasteiger partial charge in [0.25, 0.3) is 0 Å². The van der Waals surface area contributed by atoms with E-state index in [0.29, 0.717) is 0 Å². The monoisotopic (exact) mass is 365 g/mol. The lowest BCUT2D eigenvalue weighted by Gasteiger charge is -2.11. The highest BCUT2D eigenvalue weighted by Gasteiger charge is 2.25. The molecule has 10 heteroatoms. The first kappa shape index (κ1) is 17.6. The lowest BCUT2D eigenvalue weighted by Crippen LogP contribution is -2.24. The zero-order valence-corrected chi connectivity index (χ0v) is 13.8. The van der Waals surface area contributed by atoms with Gasteiger partial charge in [-0.2, -0.15) is 13.9 Å². The van der Waals surface area contributed by atoms with Crippen molar-refractivity contribution >= 4 is 21.6 Å². The minimum absolute atomic E-state index is 0.0351. The van der Waals surface area contributed by atoms with E-state index in [1.807, 2.05) is 0 Å². The van der Waals surface area contributed by atoms with E-state index in [9.17, 15) is 17.2 Å². The van der Waals surface area contributed by atoms with Crippen LogP contribution in [0.3, 0.4) is 0 Å². The Hall–Kier alpha value is -1.71. The number of halogens is 3. The molecule has 0 aliphatic carbocycles. The minimum atomic E-state index is -3.95. The number of sulfonamides is 1. The van der Waals surface area contributed by atoms with Gasteiger partial charge in [-0.05, 0) is 13.0 Å². The molecule has 0 amide bonds. The van der Waals surface area contributed by atoms with Crippen LogP contribution in [0.5, 0.6) is 5.75 Å². The Kier molecular flexibility index (Phi) is 5.23. The van der Waals surface area contributed by atoms with Crippen molar-refractivity contribution in [1.82, 2.24) is 14.5 Å². The number of hydrogen-bond donors (Lipinski definition) is 1. The van der Waals surface area contributed by atoms with Crippen LogP contribution in [-0.2, 0) is 23.6 Å². The van der Waals surface area contributed by atoms with Crippen LogP contribution in [0.2, 0.25) is 5.15 Å². The van der Waals surface area contributed by atoms with Gasteiger partial charge in [0.15, 0.2) is 0 Å². The van der Waals surface area contributed by atoms with E-state index in [0.717, 1.165) is 0 Å². The van der Waals surface area contributed by atoms with Crippen molar-refractivity contribution in [1.29, 1.82) is 0 Å². The number of aromatic nitrogens is 2. The van der Waals surface area contributed by atoms with Crippen LogP contribution in [0.4, 0.5) is 8.78 Å². The zero-order chi connectivity index (χ0) is 17.2. The first-order valence-corrected chi connectivity index (χ1v) is 8.30. The molecule has 1 N–H and O–H groups in total. The Morgan fingerprint density at radius 3 is 2.61 bits per heavy atom. The smallest absolute Gasteiger partial charge is 0.387 e. The first-order chi connectivity index (χ1) is 10.7. The number of nitrogens with zero attached hydrogens (tertiary/aromatic N) is 2. The van der Waals surface area contributed by atoms with Crippen molar-refractivity contribution in [2.75, 3.05) is 0 Å². The third kappa shape index (κ3) is 3.98. The molecule has 2 aromatic rings. The topological polar surface area (TPSA) is 73.2 Å². The van der Waals surface area contributed by atoms with Gasteiger partial charge in [-0.25, -0.2) is 13.1 Å². The van der Waals surface area contributed by atoms with E-state index >= 15 is 0 Å². The van der Waals surface area contributed by atoms with E-state index in [-0.39, 0.29) is 33.6 Å². The maximum atomic E-state index is 12.4. The first-order valence-electron chi connectivity index (χ1n) is 6.44. The van der Waals surface area contributed by atoms with Gasteiger partial charge in [0.05, 0.1) is 5.69 Å². The van der Waals surface area contributed by atoms with Crippen LogP contribution >= 0.6 is 11.6 Å².